The summed E-state index contributed by atoms with van der Waals surface area (Å²) in [6.07, 6.45) is 0. The van der Waals surface area contributed by atoms with Crippen LogP contribution in [-0.2, 0) is 0 Å². The molecule has 0 unspecified atom stereocenters. The van der Waals surface area contributed by atoms with Gasteiger partial charge in [-0.3, -0.25) is 0 Å². The Morgan fingerprint density at radius 3 is 1.48 bits per heavy atom. The van der Waals surface area contributed by atoms with Crippen LogP contribution >= 0.6 is 11.6 Å². The summed E-state index contributed by atoms with van der Waals surface area (Å²) in [5.41, 5.74) is 5.57. The zero-order chi connectivity index (χ0) is 20.2. The Bertz CT molecular complexity index is 1040. The molecule has 0 fully saturated rings. The van der Waals surface area contributed by atoms with Gasteiger partial charge in [-0.2, -0.15) is 0 Å². The molecule has 0 spiro atoms. The summed E-state index contributed by atoms with van der Waals surface area (Å²) < 4.78 is 5.59. The molecule has 3 aromatic carbocycles. The lowest BCUT2D eigenvalue weighted by Crippen LogP contribution is -2.09. The summed E-state index contributed by atoms with van der Waals surface area (Å²) in [5.74, 6) is 0.576. The Morgan fingerprint density at radius 2 is 1.03 bits per heavy atom. The normalized spacial score (nSPS) is 10.6. The minimum absolute atomic E-state index is 0.0282. The molecule has 0 aliphatic heterocycles. The van der Waals surface area contributed by atoms with E-state index in [1.165, 1.54) is 11.1 Å². The van der Waals surface area contributed by atoms with Crippen molar-refractivity contribution < 1.29 is 4.74 Å². The Labute approximate surface area is 173 Å². The largest absolute Gasteiger partial charge is 0.422 e. The minimum Gasteiger partial charge on any atom is -0.422 e. The van der Waals surface area contributed by atoms with E-state index in [0.29, 0.717) is 5.75 Å². The fourth-order valence-electron chi connectivity index (χ4n) is 2.85. The maximum atomic E-state index is 5.60. The Hall–Kier alpha value is -3.51. The second kappa shape index (κ2) is 8.24. The number of aromatic nitrogens is 4. The number of benzene rings is 3. The zero-order valence-electron chi connectivity index (χ0n) is 16.0. The van der Waals surface area contributed by atoms with E-state index in [-0.39, 0.29) is 11.3 Å². The first-order valence-electron chi connectivity index (χ1n) is 9.03. The summed E-state index contributed by atoms with van der Waals surface area (Å²) in [4.78, 5) is 2.19. The number of rotatable bonds is 5. The van der Waals surface area contributed by atoms with Crippen LogP contribution in [0.5, 0.6) is 11.8 Å². The molecule has 0 saturated heterocycles. The third-order valence-corrected chi connectivity index (χ3v) is 4.48. The van der Waals surface area contributed by atoms with Crippen molar-refractivity contribution >= 4 is 28.7 Å². The first-order valence-corrected chi connectivity index (χ1v) is 9.40. The summed E-state index contributed by atoms with van der Waals surface area (Å²) in [6, 6.07) is 24.5. The highest BCUT2D eigenvalue weighted by Gasteiger charge is 2.13. The van der Waals surface area contributed by atoms with Crippen molar-refractivity contribution in [2.75, 3.05) is 4.90 Å². The van der Waals surface area contributed by atoms with Crippen LogP contribution in [0.3, 0.4) is 0 Å². The number of halogens is 1. The second-order valence-corrected chi connectivity index (χ2v) is 6.89. The molecule has 29 heavy (non-hydrogen) atoms. The summed E-state index contributed by atoms with van der Waals surface area (Å²) in [5, 5.41) is 14.7. The van der Waals surface area contributed by atoms with Crippen molar-refractivity contribution in [2.45, 2.75) is 13.8 Å². The van der Waals surface area contributed by atoms with Gasteiger partial charge in [-0.1, -0.05) is 45.6 Å². The van der Waals surface area contributed by atoms with Crippen LogP contribution in [0.25, 0.3) is 0 Å². The van der Waals surface area contributed by atoms with Crippen molar-refractivity contribution in [2.24, 2.45) is 0 Å². The SMILES string of the molecule is Cc1ccc(N(c2ccc(C)cc2)c2ccc(Oc3nnc(Cl)nn3)cc2)cc1. The average Bonchev–Trinajstić information content (AvgIpc) is 2.74. The van der Waals surface area contributed by atoms with Crippen LogP contribution in [-0.4, -0.2) is 20.4 Å². The monoisotopic (exact) mass is 403 g/mol. The third-order valence-electron chi connectivity index (χ3n) is 4.32. The molecule has 0 aliphatic carbocycles. The maximum Gasteiger partial charge on any atom is 0.360 e. The van der Waals surface area contributed by atoms with Crippen LogP contribution in [0.15, 0.2) is 72.8 Å². The number of hydrogen-bond donors (Lipinski definition) is 0. The zero-order valence-corrected chi connectivity index (χ0v) is 16.7. The fraction of sp³-hybridized carbons (Fsp3) is 0.0909. The lowest BCUT2D eigenvalue weighted by molar-refractivity contribution is 0.423. The van der Waals surface area contributed by atoms with E-state index < -0.39 is 0 Å². The summed E-state index contributed by atoms with van der Waals surface area (Å²) in [7, 11) is 0. The number of hydrogen-bond acceptors (Lipinski definition) is 6. The lowest BCUT2D eigenvalue weighted by Gasteiger charge is -2.25. The van der Waals surface area contributed by atoms with E-state index in [2.05, 4.69) is 87.7 Å². The molecule has 7 heteroatoms. The minimum atomic E-state index is -0.0282. The van der Waals surface area contributed by atoms with Crippen LogP contribution in [0.2, 0.25) is 5.28 Å². The van der Waals surface area contributed by atoms with E-state index in [1.807, 2.05) is 24.3 Å². The van der Waals surface area contributed by atoms with Gasteiger partial charge in [0, 0.05) is 17.1 Å². The molecule has 0 radical (unpaired) electrons. The van der Waals surface area contributed by atoms with Gasteiger partial charge < -0.3 is 9.64 Å². The standard InChI is InChI=1S/C22H18ClN5O/c1-15-3-7-17(8-4-15)28(18-9-5-16(2)6-10-18)19-11-13-20(14-12-19)29-22-26-24-21(23)25-27-22/h3-14H,1-2H3. The van der Waals surface area contributed by atoms with E-state index in [0.717, 1.165) is 17.1 Å². The summed E-state index contributed by atoms with van der Waals surface area (Å²) in [6.45, 7) is 4.16. The smallest absolute Gasteiger partial charge is 0.360 e. The number of ether oxygens (including phenoxy) is 1. The highest BCUT2D eigenvalue weighted by atomic mass is 35.5. The maximum absolute atomic E-state index is 5.60. The van der Waals surface area contributed by atoms with Gasteiger partial charge in [-0.05, 0) is 74.0 Å². The molecule has 0 aliphatic rings. The molecule has 0 amide bonds. The molecule has 0 atom stereocenters. The van der Waals surface area contributed by atoms with E-state index in [1.54, 1.807) is 0 Å². The molecule has 0 bridgehead atoms. The first kappa shape index (κ1) is 18.8. The van der Waals surface area contributed by atoms with Gasteiger partial charge in [-0.25, -0.2) is 0 Å². The third kappa shape index (κ3) is 4.50. The van der Waals surface area contributed by atoms with Crippen molar-refractivity contribution in [1.29, 1.82) is 0 Å². The van der Waals surface area contributed by atoms with Crippen LogP contribution in [0, 0.1) is 13.8 Å². The Balaban J connectivity index is 1.66. The van der Waals surface area contributed by atoms with Crippen LogP contribution < -0.4 is 9.64 Å². The van der Waals surface area contributed by atoms with Gasteiger partial charge in [0.2, 0.25) is 0 Å². The van der Waals surface area contributed by atoms with Crippen molar-refractivity contribution in [3.63, 3.8) is 0 Å². The highest BCUT2D eigenvalue weighted by molar-refractivity contribution is 6.28. The van der Waals surface area contributed by atoms with Gasteiger partial charge in [0.25, 0.3) is 5.28 Å². The van der Waals surface area contributed by atoms with Crippen molar-refractivity contribution in [3.8, 4) is 11.8 Å². The van der Waals surface area contributed by atoms with Gasteiger partial charge in [0.1, 0.15) is 5.75 Å². The van der Waals surface area contributed by atoms with E-state index in [4.69, 9.17) is 16.3 Å². The number of nitrogens with zero attached hydrogens (tertiary/aromatic N) is 5. The molecule has 0 saturated carbocycles. The number of anilines is 3. The van der Waals surface area contributed by atoms with Crippen molar-refractivity contribution in [3.05, 3.63) is 89.2 Å². The molecule has 1 heterocycles. The predicted octanol–water partition coefficient (Wildman–Crippen LogP) is 5.80. The highest BCUT2D eigenvalue weighted by Crippen LogP contribution is 2.35. The van der Waals surface area contributed by atoms with Crippen molar-refractivity contribution in [1.82, 2.24) is 20.4 Å². The van der Waals surface area contributed by atoms with Gasteiger partial charge in [0.05, 0.1) is 0 Å². The fourth-order valence-corrected chi connectivity index (χ4v) is 2.93. The molecule has 4 aromatic rings. The first-order chi connectivity index (χ1) is 14.1. The molecule has 6 nitrogen and oxygen atoms in total. The molecule has 1 aromatic heterocycles. The average molecular weight is 404 g/mol. The quantitative estimate of drug-likeness (QED) is 0.419. The Morgan fingerprint density at radius 1 is 0.621 bits per heavy atom. The van der Waals surface area contributed by atoms with Gasteiger partial charge in [0.15, 0.2) is 0 Å². The van der Waals surface area contributed by atoms with E-state index >= 15 is 0 Å². The van der Waals surface area contributed by atoms with Gasteiger partial charge >= 0.3 is 6.01 Å². The van der Waals surface area contributed by atoms with E-state index in [9.17, 15) is 0 Å². The molecule has 0 N–H and O–H groups in total. The lowest BCUT2D eigenvalue weighted by atomic mass is 10.1. The predicted molar refractivity (Wildman–Crippen MR) is 113 cm³/mol. The Kier molecular flexibility index (Phi) is 5.35. The van der Waals surface area contributed by atoms with Gasteiger partial charge in [-0.15, -0.1) is 10.2 Å². The topological polar surface area (TPSA) is 64.0 Å². The second-order valence-electron chi connectivity index (χ2n) is 6.55. The number of aryl methyl sites for hydroxylation is 2. The molecule has 4 rings (SSSR count). The summed E-state index contributed by atoms with van der Waals surface area (Å²) >= 11 is 5.60. The molecular formula is C22H18ClN5O. The van der Waals surface area contributed by atoms with Crippen LogP contribution in [0.1, 0.15) is 11.1 Å². The molecular weight excluding hydrogens is 386 g/mol. The van der Waals surface area contributed by atoms with Crippen LogP contribution in [0.4, 0.5) is 17.1 Å². The molecule has 144 valence electrons.